The molecule has 0 unspecified atom stereocenters. The molecule has 0 aliphatic carbocycles. The van der Waals surface area contributed by atoms with Gasteiger partial charge < -0.3 is 14.5 Å². The van der Waals surface area contributed by atoms with Crippen molar-refractivity contribution in [3.63, 3.8) is 0 Å². The Morgan fingerprint density at radius 1 is 0.493 bits per heavy atom. The standard InChI is InChI=1S/C61H54N4OSi/c1-61(2,3)47-33-34-62-59(38-47)65-54-27-14-13-25-52(54)53-32-31-50(40-57(53)65)66-49-24-17-23-48(39-49)63-41-64(56-29-16-15-28-55(56)63)60-51(26-18-30-58(60)67(4,5)6)46-36-44(42-19-9-7-10-20-42)35-45(37-46)43-21-11-8-12-22-43/h7-40H,41H2,1-6H3. The van der Waals surface area contributed by atoms with Crippen LogP contribution in [0.2, 0.25) is 19.6 Å². The Hall–Kier alpha value is -7.67. The van der Waals surface area contributed by atoms with Crippen molar-refractivity contribution in [3.05, 3.63) is 212 Å². The lowest BCUT2D eigenvalue weighted by Gasteiger charge is -2.31. The Kier molecular flexibility index (Phi) is 10.4. The molecule has 8 aromatic carbocycles. The molecule has 1 aliphatic heterocycles. The van der Waals surface area contributed by atoms with Crippen LogP contribution in [0, 0.1) is 0 Å². The first-order valence-corrected chi connectivity index (χ1v) is 26.8. The van der Waals surface area contributed by atoms with E-state index in [9.17, 15) is 0 Å². The lowest BCUT2D eigenvalue weighted by atomic mass is 9.88. The lowest BCUT2D eigenvalue weighted by Crippen LogP contribution is -2.42. The van der Waals surface area contributed by atoms with Crippen molar-refractivity contribution in [3.8, 4) is 50.7 Å². The minimum Gasteiger partial charge on any atom is -0.457 e. The highest BCUT2D eigenvalue weighted by molar-refractivity contribution is 6.90. The molecule has 3 heterocycles. The number of anilines is 4. The Morgan fingerprint density at radius 2 is 1.10 bits per heavy atom. The molecule has 0 saturated heterocycles. The van der Waals surface area contributed by atoms with Crippen molar-refractivity contribution in [2.75, 3.05) is 16.5 Å². The molecule has 10 aromatic rings. The van der Waals surface area contributed by atoms with Crippen LogP contribution >= 0.6 is 0 Å². The van der Waals surface area contributed by atoms with Crippen LogP contribution in [-0.2, 0) is 5.41 Å². The number of benzene rings is 8. The maximum absolute atomic E-state index is 6.82. The highest BCUT2D eigenvalue weighted by Gasteiger charge is 2.34. The topological polar surface area (TPSA) is 33.5 Å². The summed E-state index contributed by atoms with van der Waals surface area (Å²) in [6.07, 6.45) is 1.93. The zero-order chi connectivity index (χ0) is 45.9. The minimum absolute atomic E-state index is 0.0102. The third-order valence-electron chi connectivity index (χ3n) is 13.2. The summed E-state index contributed by atoms with van der Waals surface area (Å²) < 4.78 is 9.09. The van der Waals surface area contributed by atoms with E-state index < -0.39 is 8.07 Å². The van der Waals surface area contributed by atoms with Crippen LogP contribution < -0.4 is 19.7 Å². The second kappa shape index (κ2) is 16.6. The Bertz CT molecular complexity index is 3400. The van der Waals surface area contributed by atoms with Gasteiger partial charge >= 0.3 is 0 Å². The van der Waals surface area contributed by atoms with Crippen LogP contribution in [0.25, 0.3) is 61.0 Å². The van der Waals surface area contributed by atoms with E-state index in [1.54, 1.807) is 0 Å². The van der Waals surface area contributed by atoms with Crippen molar-refractivity contribution < 1.29 is 4.74 Å². The molecular weight excluding hydrogens is 833 g/mol. The molecule has 0 spiro atoms. The van der Waals surface area contributed by atoms with E-state index in [2.05, 4.69) is 255 Å². The van der Waals surface area contributed by atoms with E-state index in [0.29, 0.717) is 6.67 Å². The average Bonchev–Trinajstić information content (AvgIpc) is 3.90. The van der Waals surface area contributed by atoms with Crippen molar-refractivity contribution in [2.24, 2.45) is 0 Å². The fourth-order valence-electron chi connectivity index (χ4n) is 9.80. The number of hydrogen-bond acceptors (Lipinski definition) is 4. The SMILES string of the molecule is CC(C)(C)c1ccnc(-n2c3ccccc3c3ccc(Oc4cccc(N5CN(c6c(-c7cc(-c8ccccc8)cc(-c8ccccc8)c7)cccc6[Si](C)(C)C)c6ccccc65)c4)cc32)c1. The fraction of sp³-hybridized carbons (Fsp3) is 0.131. The second-order valence-corrected chi connectivity index (χ2v) is 24.8. The molecule has 328 valence electrons. The molecule has 0 saturated carbocycles. The summed E-state index contributed by atoms with van der Waals surface area (Å²) >= 11 is 0. The summed E-state index contributed by atoms with van der Waals surface area (Å²) in [7, 11) is -1.89. The fourth-order valence-corrected chi connectivity index (χ4v) is 11.4. The van der Waals surface area contributed by atoms with Crippen LogP contribution in [0.15, 0.2) is 206 Å². The van der Waals surface area contributed by atoms with Crippen molar-refractivity contribution in [1.82, 2.24) is 9.55 Å². The lowest BCUT2D eigenvalue weighted by molar-refractivity contribution is 0.483. The molecule has 0 bridgehead atoms. The Balaban J connectivity index is 0.986. The molecular formula is C61H54N4OSi. The summed E-state index contributed by atoms with van der Waals surface area (Å²) in [5, 5.41) is 3.78. The number of nitrogens with zero attached hydrogens (tertiary/aromatic N) is 4. The van der Waals surface area contributed by atoms with Gasteiger partial charge in [-0.3, -0.25) is 4.57 Å². The number of fused-ring (bicyclic) bond motifs is 4. The van der Waals surface area contributed by atoms with Crippen LogP contribution in [0.1, 0.15) is 26.3 Å². The number of rotatable bonds is 9. The molecule has 0 atom stereocenters. The molecule has 11 rings (SSSR count). The summed E-state index contributed by atoms with van der Waals surface area (Å²) in [5.74, 6) is 2.44. The number of ether oxygens (including phenoxy) is 1. The van der Waals surface area contributed by atoms with Gasteiger partial charge in [0.2, 0.25) is 0 Å². The van der Waals surface area contributed by atoms with Crippen LogP contribution in [-0.4, -0.2) is 24.3 Å². The summed E-state index contributed by atoms with van der Waals surface area (Å²) in [5.41, 5.74) is 15.3. The first-order valence-electron chi connectivity index (χ1n) is 23.3. The average molecular weight is 887 g/mol. The predicted octanol–water partition coefficient (Wildman–Crippen LogP) is 16.1. The summed E-state index contributed by atoms with van der Waals surface area (Å²) in [6, 6.07) is 72.3. The Morgan fingerprint density at radius 3 is 1.81 bits per heavy atom. The number of hydrogen-bond donors (Lipinski definition) is 0. The quantitative estimate of drug-likeness (QED) is 0.135. The maximum Gasteiger partial charge on any atom is 0.137 e. The van der Waals surface area contributed by atoms with Crippen molar-refractivity contribution in [2.45, 2.75) is 45.8 Å². The third kappa shape index (κ3) is 7.87. The van der Waals surface area contributed by atoms with Gasteiger partial charge in [-0.05, 0) is 117 Å². The molecule has 0 fully saturated rings. The molecule has 1 aliphatic rings. The minimum atomic E-state index is -1.89. The van der Waals surface area contributed by atoms with Crippen LogP contribution in [0.4, 0.5) is 22.7 Å². The van der Waals surface area contributed by atoms with Gasteiger partial charge in [-0.2, -0.15) is 0 Å². The van der Waals surface area contributed by atoms with E-state index in [0.717, 1.165) is 45.1 Å². The largest absolute Gasteiger partial charge is 0.457 e. The normalized spacial score (nSPS) is 12.8. The van der Waals surface area contributed by atoms with Gasteiger partial charge in [0.05, 0.1) is 30.5 Å². The smallest absolute Gasteiger partial charge is 0.137 e. The Labute approximate surface area is 395 Å². The number of aromatic nitrogens is 2. The van der Waals surface area contributed by atoms with Gasteiger partial charge in [0.25, 0.3) is 0 Å². The third-order valence-corrected chi connectivity index (χ3v) is 15.2. The van der Waals surface area contributed by atoms with E-state index >= 15 is 0 Å². The maximum atomic E-state index is 6.82. The zero-order valence-electron chi connectivity index (χ0n) is 39.0. The molecule has 6 heteroatoms. The van der Waals surface area contributed by atoms with Gasteiger partial charge in [-0.1, -0.05) is 156 Å². The molecule has 2 aromatic heterocycles. The molecule has 0 amide bonds. The summed E-state index contributed by atoms with van der Waals surface area (Å²) in [6.45, 7) is 14.8. The molecule has 67 heavy (non-hydrogen) atoms. The van der Waals surface area contributed by atoms with E-state index in [1.165, 1.54) is 60.9 Å². The molecule has 0 N–H and O–H groups in total. The van der Waals surface area contributed by atoms with Crippen LogP contribution in [0.3, 0.4) is 0 Å². The first kappa shape index (κ1) is 42.0. The number of pyridine rings is 1. The monoisotopic (exact) mass is 886 g/mol. The predicted molar refractivity (Wildman–Crippen MR) is 285 cm³/mol. The van der Waals surface area contributed by atoms with Crippen LogP contribution in [0.5, 0.6) is 11.5 Å². The van der Waals surface area contributed by atoms with Crippen molar-refractivity contribution in [1.29, 1.82) is 0 Å². The molecule has 0 radical (unpaired) electrons. The van der Waals surface area contributed by atoms with Gasteiger partial charge in [0.1, 0.15) is 24.0 Å². The van der Waals surface area contributed by atoms with Gasteiger partial charge in [0.15, 0.2) is 0 Å². The van der Waals surface area contributed by atoms with Gasteiger partial charge in [-0.25, -0.2) is 4.98 Å². The highest BCUT2D eigenvalue weighted by Crippen LogP contribution is 2.48. The van der Waals surface area contributed by atoms with E-state index in [4.69, 9.17) is 9.72 Å². The van der Waals surface area contributed by atoms with Crippen molar-refractivity contribution >= 4 is 57.8 Å². The zero-order valence-corrected chi connectivity index (χ0v) is 40.0. The first-order chi connectivity index (χ1) is 32.5. The second-order valence-electron chi connectivity index (χ2n) is 19.8. The number of para-hydroxylation sites is 4. The van der Waals surface area contributed by atoms with Gasteiger partial charge in [-0.15, -0.1) is 0 Å². The van der Waals surface area contributed by atoms with E-state index in [-0.39, 0.29) is 5.41 Å². The molecule has 5 nitrogen and oxygen atoms in total. The van der Waals surface area contributed by atoms with E-state index in [1.807, 2.05) is 6.20 Å². The summed E-state index contributed by atoms with van der Waals surface area (Å²) in [4.78, 5) is 9.88. The highest BCUT2D eigenvalue weighted by atomic mass is 28.3. The van der Waals surface area contributed by atoms with Gasteiger partial charge in [0, 0.05) is 46.0 Å².